The van der Waals surface area contributed by atoms with Crippen molar-refractivity contribution >= 4 is 27.4 Å². The fourth-order valence-electron chi connectivity index (χ4n) is 2.90. The van der Waals surface area contributed by atoms with E-state index in [2.05, 4.69) is 15.6 Å². The summed E-state index contributed by atoms with van der Waals surface area (Å²) in [6, 6.07) is 6.86. The van der Waals surface area contributed by atoms with Gasteiger partial charge >= 0.3 is 6.03 Å². The first-order valence-corrected chi connectivity index (χ1v) is 10.7. The highest BCUT2D eigenvalue weighted by molar-refractivity contribution is 7.91. The first kappa shape index (κ1) is 18.8. The second-order valence-electron chi connectivity index (χ2n) is 6.26. The summed E-state index contributed by atoms with van der Waals surface area (Å²) in [5, 5.41) is 7.40. The monoisotopic (exact) mass is 394 g/mol. The molecule has 0 saturated carbocycles. The second kappa shape index (κ2) is 8.15. The third kappa shape index (κ3) is 4.40. The number of carbonyl (C=O) groups excluding carboxylic acids is 1. The molecule has 1 aliphatic heterocycles. The SMILES string of the molecule is Cc1ncccc1CNC(=O)NCC1CCN(S(=O)(=O)c2cccs2)C1. The zero-order valence-corrected chi connectivity index (χ0v) is 16.1. The molecule has 1 atom stereocenters. The van der Waals surface area contributed by atoms with Crippen molar-refractivity contribution in [1.29, 1.82) is 0 Å². The van der Waals surface area contributed by atoms with Crippen molar-refractivity contribution in [3.05, 3.63) is 47.1 Å². The van der Waals surface area contributed by atoms with E-state index < -0.39 is 10.0 Å². The van der Waals surface area contributed by atoms with Gasteiger partial charge in [-0.2, -0.15) is 4.31 Å². The van der Waals surface area contributed by atoms with Crippen LogP contribution >= 0.6 is 11.3 Å². The van der Waals surface area contributed by atoms with E-state index >= 15 is 0 Å². The molecule has 1 fully saturated rings. The smallest absolute Gasteiger partial charge is 0.315 e. The van der Waals surface area contributed by atoms with Crippen LogP contribution in [0.2, 0.25) is 0 Å². The van der Waals surface area contributed by atoms with Crippen LogP contribution in [0.1, 0.15) is 17.7 Å². The first-order valence-electron chi connectivity index (χ1n) is 8.42. The molecule has 1 unspecified atom stereocenters. The lowest BCUT2D eigenvalue weighted by Gasteiger charge is -2.16. The molecule has 140 valence electrons. The number of carbonyl (C=O) groups is 1. The number of aryl methyl sites for hydroxylation is 1. The molecule has 2 aromatic rings. The zero-order chi connectivity index (χ0) is 18.6. The fraction of sp³-hybridized carbons (Fsp3) is 0.412. The highest BCUT2D eigenvalue weighted by atomic mass is 32.2. The van der Waals surface area contributed by atoms with Crippen LogP contribution in [0.5, 0.6) is 0 Å². The average Bonchev–Trinajstić information content (AvgIpc) is 3.31. The molecule has 2 amide bonds. The van der Waals surface area contributed by atoms with Gasteiger partial charge in [0.15, 0.2) is 0 Å². The van der Waals surface area contributed by atoms with Crippen LogP contribution in [0, 0.1) is 12.8 Å². The van der Waals surface area contributed by atoms with Crippen molar-refractivity contribution in [2.24, 2.45) is 5.92 Å². The summed E-state index contributed by atoms with van der Waals surface area (Å²) in [6.07, 6.45) is 2.46. The van der Waals surface area contributed by atoms with Gasteiger partial charge in [-0.1, -0.05) is 12.1 Å². The standard InChI is InChI=1S/C17H22N4O3S2/c1-13-15(4-2-7-18-13)11-20-17(22)19-10-14-6-8-21(12-14)26(23,24)16-5-3-9-25-16/h2-5,7,9,14H,6,8,10-12H2,1H3,(H2,19,20,22). The molecule has 3 rings (SSSR count). The summed E-state index contributed by atoms with van der Waals surface area (Å²) in [5.41, 5.74) is 1.86. The number of amides is 2. The van der Waals surface area contributed by atoms with Crippen molar-refractivity contribution in [2.45, 2.75) is 24.1 Å². The Bertz CT molecular complexity index is 853. The molecule has 9 heteroatoms. The molecule has 26 heavy (non-hydrogen) atoms. The number of nitrogens with zero attached hydrogens (tertiary/aromatic N) is 2. The van der Waals surface area contributed by atoms with Crippen LogP contribution in [0.4, 0.5) is 4.79 Å². The molecule has 2 aromatic heterocycles. The molecule has 1 aliphatic rings. The Hall–Kier alpha value is -1.97. The van der Waals surface area contributed by atoms with E-state index in [1.165, 1.54) is 15.6 Å². The van der Waals surface area contributed by atoms with E-state index in [1.807, 2.05) is 19.1 Å². The molecule has 0 aromatic carbocycles. The summed E-state index contributed by atoms with van der Waals surface area (Å²) < 4.78 is 26.9. The Morgan fingerprint density at radius 3 is 2.92 bits per heavy atom. The quantitative estimate of drug-likeness (QED) is 0.784. The predicted molar refractivity (Wildman–Crippen MR) is 100 cm³/mol. The highest BCUT2D eigenvalue weighted by Crippen LogP contribution is 2.26. The number of urea groups is 1. The maximum atomic E-state index is 12.5. The van der Waals surface area contributed by atoms with Crippen molar-refractivity contribution in [2.75, 3.05) is 19.6 Å². The fourth-order valence-corrected chi connectivity index (χ4v) is 5.57. The summed E-state index contributed by atoms with van der Waals surface area (Å²) in [7, 11) is -3.40. The van der Waals surface area contributed by atoms with E-state index in [0.717, 1.165) is 17.7 Å². The van der Waals surface area contributed by atoms with Gasteiger partial charge in [0.05, 0.1) is 0 Å². The van der Waals surface area contributed by atoms with Gasteiger partial charge in [0.2, 0.25) is 0 Å². The topological polar surface area (TPSA) is 91.4 Å². The molecule has 0 spiro atoms. The van der Waals surface area contributed by atoms with E-state index in [9.17, 15) is 13.2 Å². The zero-order valence-electron chi connectivity index (χ0n) is 14.5. The summed E-state index contributed by atoms with van der Waals surface area (Å²) in [4.78, 5) is 16.2. The number of pyridine rings is 1. The van der Waals surface area contributed by atoms with Crippen molar-refractivity contribution in [1.82, 2.24) is 19.9 Å². The Labute approximate surface area is 157 Å². The minimum Gasteiger partial charge on any atom is -0.338 e. The number of aromatic nitrogens is 1. The Morgan fingerprint density at radius 1 is 1.35 bits per heavy atom. The number of rotatable bonds is 6. The van der Waals surface area contributed by atoms with Crippen LogP contribution in [0.25, 0.3) is 0 Å². The Balaban J connectivity index is 1.44. The third-order valence-electron chi connectivity index (χ3n) is 4.44. The molecule has 2 N–H and O–H groups in total. The van der Waals surface area contributed by atoms with Crippen molar-refractivity contribution in [3.63, 3.8) is 0 Å². The molecule has 0 radical (unpaired) electrons. The lowest BCUT2D eigenvalue weighted by atomic mass is 10.1. The summed E-state index contributed by atoms with van der Waals surface area (Å²) >= 11 is 1.23. The van der Waals surface area contributed by atoms with Gasteiger partial charge in [0.1, 0.15) is 4.21 Å². The number of nitrogens with one attached hydrogen (secondary N) is 2. The molecular weight excluding hydrogens is 372 g/mol. The minimum absolute atomic E-state index is 0.121. The van der Waals surface area contributed by atoms with Crippen LogP contribution in [-0.2, 0) is 16.6 Å². The maximum Gasteiger partial charge on any atom is 0.315 e. The molecular formula is C17H22N4O3S2. The largest absolute Gasteiger partial charge is 0.338 e. The lowest BCUT2D eigenvalue weighted by molar-refractivity contribution is 0.238. The Kier molecular flexibility index (Phi) is 5.90. The van der Waals surface area contributed by atoms with E-state index in [0.29, 0.717) is 30.4 Å². The predicted octanol–water partition coefficient (Wildman–Crippen LogP) is 1.96. The molecule has 1 saturated heterocycles. The summed E-state index contributed by atoms with van der Waals surface area (Å²) in [5.74, 6) is 0.121. The van der Waals surface area contributed by atoms with Crippen molar-refractivity contribution in [3.8, 4) is 0 Å². The lowest BCUT2D eigenvalue weighted by Crippen LogP contribution is -2.39. The van der Waals surface area contributed by atoms with Gasteiger partial charge in [-0.15, -0.1) is 11.3 Å². The normalized spacial score (nSPS) is 18.0. The molecule has 7 nitrogen and oxygen atoms in total. The number of hydrogen-bond acceptors (Lipinski definition) is 5. The molecule has 3 heterocycles. The van der Waals surface area contributed by atoms with E-state index in [1.54, 1.807) is 23.7 Å². The van der Waals surface area contributed by atoms with Gasteiger partial charge in [0, 0.05) is 38.1 Å². The van der Waals surface area contributed by atoms with Gasteiger partial charge < -0.3 is 10.6 Å². The van der Waals surface area contributed by atoms with E-state index in [-0.39, 0.29) is 11.9 Å². The first-order chi connectivity index (χ1) is 12.5. The van der Waals surface area contributed by atoms with Gasteiger partial charge in [-0.3, -0.25) is 4.98 Å². The van der Waals surface area contributed by atoms with Crippen LogP contribution in [0.15, 0.2) is 40.1 Å². The van der Waals surface area contributed by atoms with Crippen molar-refractivity contribution < 1.29 is 13.2 Å². The van der Waals surface area contributed by atoms with Gasteiger partial charge in [0.25, 0.3) is 10.0 Å². The molecule has 0 bridgehead atoms. The summed E-state index contributed by atoms with van der Waals surface area (Å²) in [6.45, 7) is 3.69. The highest BCUT2D eigenvalue weighted by Gasteiger charge is 2.33. The van der Waals surface area contributed by atoms with Crippen LogP contribution in [0.3, 0.4) is 0 Å². The maximum absolute atomic E-state index is 12.5. The average molecular weight is 395 g/mol. The number of thiophene rings is 1. The minimum atomic E-state index is -3.40. The third-order valence-corrected chi connectivity index (χ3v) is 7.68. The van der Waals surface area contributed by atoms with Crippen LogP contribution < -0.4 is 10.6 Å². The van der Waals surface area contributed by atoms with Gasteiger partial charge in [-0.05, 0) is 42.3 Å². The number of sulfonamides is 1. The van der Waals surface area contributed by atoms with Gasteiger partial charge in [-0.25, -0.2) is 13.2 Å². The second-order valence-corrected chi connectivity index (χ2v) is 9.37. The van der Waals surface area contributed by atoms with Crippen LogP contribution in [-0.4, -0.2) is 43.4 Å². The molecule has 0 aliphatic carbocycles. The number of hydrogen-bond donors (Lipinski definition) is 2. The Morgan fingerprint density at radius 2 is 2.19 bits per heavy atom. The van der Waals surface area contributed by atoms with E-state index in [4.69, 9.17) is 0 Å².